The van der Waals surface area contributed by atoms with Crippen LogP contribution < -0.4 is 5.32 Å². The molecule has 3 nitrogen and oxygen atoms in total. The minimum atomic E-state index is -0.323. The Morgan fingerprint density at radius 1 is 1.11 bits per heavy atom. The van der Waals surface area contributed by atoms with E-state index in [0.717, 1.165) is 5.56 Å². The van der Waals surface area contributed by atoms with E-state index in [9.17, 15) is 4.79 Å². The Kier molecular flexibility index (Phi) is 4.30. The molecule has 0 fully saturated rings. The molecule has 0 unspecified atom stereocenters. The van der Waals surface area contributed by atoms with Crippen molar-refractivity contribution in [1.29, 1.82) is 0 Å². The van der Waals surface area contributed by atoms with E-state index >= 15 is 0 Å². The van der Waals surface area contributed by atoms with Gasteiger partial charge in [-0.1, -0.05) is 40.9 Å². The molecular weight excluding hydrogens is 307 g/mol. The molecule has 2 aromatic rings. The van der Waals surface area contributed by atoms with Crippen LogP contribution in [0.5, 0.6) is 0 Å². The van der Waals surface area contributed by atoms with Gasteiger partial charge in [0.1, 0.15) is 10.3 Å². The highest BCUT2D eigenvalue weighted by atomic mass is 35.5. The van der Waals surface area contributed by atoms with Gasteiger partial charge in [0, 0.05) is 16.3 Å². The molecule has 0 saturated carbocycles. The third kappa shape index (κ3) is 3.60. The van der Waals surface area contributed by atoms with Gasteiger partial charge >= 0.3 is 0 Å². The van der Waals surface area contributed by atoms with E-state index in [1.165, 1.54) is 12.1 Å². The Morgan fingerprint density at radius 2 is 1.74 bits per heavy atom. The number of aryl methyl sites for hydroxylation is 1. The van der Waals surface area contributed by atoms with Gasteiger partial charge in [-0.25, -0.2) is 4.98 Å². The number of amides is 1. The van der Waals surface area contributed by atoms with Gasteiger partial charge in [-0.2, -0.15) is 0 Å². The van der Waals surface area contributed by atoms with Crippen LogP contribution in [0.3, 0.4) is 0 Å². The number of carbonyl (C=O) groups is 1. The van der Waals surface area contributed by atoms with Gasteiger partial charge in [0.25, 0.3) is 5.91 Å². The molecule has 1 aromatic carbocycles. The Morgan fingerprint density at radius 3 is 2.37 bits per heavy atom. The zero-order chi connectivity index (χ0) is 14.0. The molecule has 1 N–H and O–H groups in total. The van der Waals surface area contributed by atoms with Crippen LogP contribution in [0.1, 0.15) is 15.9 Å². The smallest absolute Gasteiger partial charge is 0.255 e. The van der Waals surface area contributed by atoms with Gasteiger partial charge in [-0.05, 0) is 36.8 Å². The predicted molar refractivity (Wildman–Crippen MR) is 78.4 cm³/mol. The SMILES string of the molecule is Cc1ccc(Cl)cc1NC(=O)c1cc(Cl)nc(Cl)c1. The number of rotatable bonds is 2. The third-order valence-electron chi connectivity index (χ3n) is 2.47. The second kappa shape index (κ2) is 5.78. The molecule has 6 heteroatoms. The zero-order valence-electron chi connectivity index (χ0n) is 9.88. The summed E-state index contributed by atoms with van der Waals surface area (Å²) in [5.74, 6) is -0.323. The lowest BCUT2D eigenvalue weighted by molar-refractivity contribution is 0.102. The van der Waals surface area contributed by atoms with E-state index in [-0.39, 0.29) is 16.2 Å². The number of nitrogens with one attached hydrogen (secondary N) is 1. The van der Waals surface area contributed by atoms with Crippen LogP contribution in [0.4, 0.5) is 5.69 Å². The van der Waals surface area contributed by atoms with Crippen molar-refractivity contribution >= 4 is 46.4 Å². The van der Waals surface area contributed by atoms with Crippen LogP contribution in [0.2, 0.25) is 15.3 Å². The minimum Gasteiger partial charge on any atom is -0.322 e. The number of benzene rings is 1. The van der Waals surface area contributed by atoms with E-state index < -0.39 is 0 Å². The highest BCUT2D eigenvalue weighted by molar-refractivity contribution is 6.33. The van der Waals surface area contributed by atoms with Crippen molar-refractivity contribution in [3.8, 4) is 0 Å². The molecular formula is C13H9Cl3N2O. The summed E-state index contributed by atoms with van der Waals surface area (Å²) in [6, 6.07) is 8.15. The molecule has 1 aromatic heterocycles. The Hall–Kier alpha value is -1.29. The number of pyridine rings is 1. The molecule has 1 heterocycles. The lowest BCUT2D eigenvalue weighted by Gasteiger charge is -2.09. The van der Waals surface area contributed by atoms with Crippen molar-refractivity contribution in [2.45, 2.75) is 6.92 Å². The van der Waals surface area contributed by atoms with Crippen molar-refractivity contribution in [2.24, 2.45) is 0 Å². The van der Waals surface area contributed by atoms with Crippen LogP contribution in [-0.2, 0) is 0 Å². The molecule has 0 radical (unpaired) electrons. The average Bonchev–Trinajstić information content (AvgIpc) is 2.32. The predicted octanol–water partition coefficient (Wildman–Crippen LogP) is 4.60. The quantitative estimate of drug-likeness (QED) is 0.823. The van der Waals surface area contributed by atoms with Crippen LogP contribution in [0.25, 0.3) is 0 Å². The maximum atomic E-state index is 12.1. The van der Waals surface area contributed by atoms with Gasteiger partial charge in [0.05, 0.1) is 0 Å². The second-order valence-corrected chi connectivity index (χ2v) is 5.13. The first kappa shape index (κ1) is 14.1. The molecule has 0 aliphatic carbocycles. The number of hydrogen-bond acceptors (Lipinski definition) is 2. The maximum Gasteiger partial charge on any atom is 0.255 e. The molecule has 1 amide bonds. The number of anilines is 1. The normalized spacial score (nSPS) is 10.3. The summed E-state index contributed by atoms with van der Waals surface area (Å²) >= 11 is 17.4. The van der Waals surface area contributed by atoms with Gasteiger partial charge in [-0.3, -0.25) is 4.79 Å². The third-order valence-corrected chi connectivity index (χ3v) is 3.10. The summed E-state index contributed by atoms with van der Waals surface area (Å²) in [7, 11) is 0. The van der Waals surface area contributed by atoms with Crippen molar-refractivity contribution in [3.63, 3.8) is 0 Å². The number of nitrogens with zero attached hydrogens (tertiary/aromatic N) is 1. The minimum absolute atomic E-state index is 0.167. The lowest BCUT2D eigenvalue weighted by atomic mass is 10.2. The zero-order valence-corrected chi connectivity index (χ0v) is 12.1. The second-order valence-electron chi connectivity index (χ2n) is 3.91. The van der Waals surface area contributed by atoms with Gasteiger partial charge < -0.3 is 5.32 Å². The maximum absolute atomic E-state index is 12.1. The summed E-state index contributed by atoms with van der Waals surface area (Å²) in [6.07, 6.45) is 0. The van der Waals surface area contributed by atoms with Crippen LogP contribution in [-0.4, -0.2) is 10.9 Å². The molecule has 98 valence electrons. The first-order valence-electron chi connectivity index (χ1n) is 5.36. The number of aromatic nitrogens is 1. The monoisotopic (exact) mass is 314 g/mol. The van der Waals surface area contributed by atoms with E-state index in [1.807, 2.05) is 13.0 Å². The summed E-state index contributed by atoms with van der Waals surface area (Å²) in [5, 5.41) is 3.64. The Balaban J connectivity index is 2.28. The molecule has 0 bridgehead atoms. The molecule has 0 atom stereocenters. The van der Waals surface area contributed by atoms with Crippen LogP contribution in [0, 0.1) is 6.92 Å². The van der Waals surface area contributed by atoms with Crippen molar-refractivity contribution in [1.82, 2.24) is 4.98 Å². The van der Waals surface area contributed by atoms with E-state index in [1.54, 1.807) is 12.1 Å². The molecule has 19 heavy (non-hydrogen) atoms. The fourth-order valence-corrected chi connectivity index (χ4v) is 2.15. The van der Waals surface area contributed by atoms with E-state index in [2.05, 4.69) is 10.3 Å². The highest BCUT2D eigenvalue weighted by Gasteiger charge is 2.10. The molecule has 0 saturated heterocycles. The Bertz CT molecular complexity index is 624. The summed E-state index contributed by atoms with van der Waals surface area (Å²) in [4.78, 5) is 15.9. The van der Waals surface area contributed by atoms with Gasteiger partial charge in [0.2, 0.25) is 0 Å². The molecule has 2 rings (SSSR count). The molecule has 0 aliphatic rings. The van der Waals surface area contributed by atoms with E-state index in [4.69, 9.17) is 34.8 Å². The summed E-state index contributed by atoms with van der Waals surface area (Å²) in [5.41, 5.74) is 1.88. The van der Waals surface area contributed by atoms with Crippen molar-refractivity contribution < 1.29 is 4.79 Å². The van der Waals surface area contributed by atoms with Gasteiger partial charge in [0.15, 0.2) is 0 Å². The topological polar surface area (TPSA) is 42.0 Å². The summed E-state index contributed by atoms with van der Waals surface area (Å²) < 4.78 is 0. The standard InChI is InChI=1S/C13H9Cl3N2O/c1-7-2-3-9(14)6-10(7)17-13(19)8-4-11(15)18-12(16)5-8/h2-6H,1H3,(H,17,19). The van der Waals surface area contributed by atoms with E-state index in [0.29, 0.717) is 16.3 Å². The van der Waals surface area contributed by atoms with Gasteiger partial charge in [-0.15, -0.1) is 0 Å². The molecule has 0 aliphatic heterocycles. The van der Waals surface area contributed by atoms with Crippen molar-refractivity contribution in [2.75, 3.05) is 5.32 Å². The number of carbonyl (C=O) groups excluding carboxylic acids is 1. The van der Waals surface area contributed by atoms with Crippen molar-refractivity contribution in [3.05, 3.63) is 56.8 Å². The highest BCUT2D eigenvalue weighted by Crippen LogP contribution is 2.22. The number of hydrogen-bond donors (Lipinski definition) is 1. The Labute approximate surface area is 125 Å². The van der Waals surface area contributed by atoms with Crippen LogP contribution >= 0.6 is 34.8 Å². The average molecular weight is 316 g/mol. The lowest BCUT2D eigenvalue weighted by Crippen LogP contribution is -2.13. The summed E-state index contributed by atoms with van der Waals surface area (Å²) in [6.45, 7) is 1.87. The number of halogens is 3. The van der Waals surface area contributed by atoms with Crippen LogP contribution in [0.15, 0.2) is 30.3 Å². The first-order chi connectivity index (χ1) is 8.95. The fraction of sp³-hybridized carbons (Fsp3) is 0.0769. The fourth-order valence-electron chi connectivity index (χ4n) is 1.52. The first-order valence-corrected chi connectivity index (χ1v) is 6.49. The molecule has 0 spiro atoms. The largest absolute Gasteiger partial charge is 0.322 e.